The van der Waals surface area contributed by atoms with Gasteiger partial charge in [0.05, 0.1) is 11.8 Å². The minimum absolute atomic E-state index is 0. The highest BCUT2D eigenvalue weighted by atomic mass is 16.3. The lowest BCUT2D eigenvalue weighted by molar-refractivity contribution is 0.0734. The van der Waals surface area contributed by atoms with Gasteiger partial charge >= 0.3 is 0 Å². The number of carbonyl (C=O) groups is 2. The highest BCUT2D eigenvalue weighted by Crippen LogP contribution is 2.19. The lowest BCUT2D eigenvalue weighted by Gasteiger charge is -2.23. The van der Waals surface area contributed by atoms with Gasteiger partial charge in [0.1, 0.15) is 17.3 Å². The monoisotopic (exact) mass is 409 g/mol. The molecule has 4 rings (SSSR count). The first-order chi connectivity index (χ1) is 14.5. The van der Waals surface area contributed by atoms with Gasteiger partial charge in [-0.25, -0.2) is 9.97 Å². The molecule has 0 aliphatic carbocycles. The number of pyridine rings is 2. The maximum absolute atomic E-state index is 12.8. The minimum Gasteiger partial charge on any atom is -0.459 e. The molecule has 3 aromatic rings. The maximum Gasteiger partial charge on any atom is 0.289 e. The number of nitrogens with two attached hydrogens (primary N) is 1. The molecule has 158 valence electrons. The standard InChI is InChI=1S/C22H23N5O3.2H2/c1-15-8-14-30-20(15)22(29)27-11-4-10-26(12-13-27)18-7-2-6-17(25-18)19(28)16-5-3-9-24-21(16)23;;/h2-3,5-9,14H,4,10-13H2,1H3,(H2,23,24);2*1H. The molecule has 8 heteroatoms. The van der Waals surface area contributed by atoms with Gasteiger partial charge in [-0.15, -0.1) is 0 Å². The molecule has 0 unspecified atom stereocenters. The molecule has 4 heterocycles. The molecule has 1 amide bonds. The number of anilines is 2. The molecule has 0 radical (unpaired) electrons. The Morgan fingerprint density at radius 2 is 1.97 bits per heavy atom. The molecule has 0 spiro atoms. The molecule has 3 aromatic heterocycles. The van der Waals surface area contributed by atoms with Crippen molar-refractivity contribution in [3.05, 3.63) is 71.4 Å². The smallest absolute Gasteiger partial charge is 0.289 e. The van der Waals surface area contributed by atoms with E-state index in [1.54, 1.807) is 35.4 Å². The summed E-state index contributed by atoms with van der Waals surface area (Å²) >= 11 is 0. The Morgan fingerprint density at radius 1 is 1.10 bits per heavy atom. The van der Waals surface area contributed by atoms with E-state index in [2.05, 4.69) is 14.9 Å². The summed E-state index contributed by atoms with van der Waals surface area (Å²) in [6.07, 6.45) is 3.87. The lowest BCUT2D eigenvalue weighted by atomic mass is 10.1. The van der Waals surface area contributed by atoms with Crippen LogP contribution in [0, 0.1) is 6.92 Å². The van der Waals surface area contributed by atoms with E-state index in [-0.39, 0.29) is 20.4 Å². The molecule has 0 aromatic carbocycles. The molecule has 1 aliphatic heterocycles. The van der Waals surface area contributed by atoms with Gasteiger partial charge in [-0.2, -0.15) is 0 Å². The number of amides is 1. The second-order valence-electron chi connectivity index (χ2n) is 7.21. The lowest BCUT2D eigenvalue weighted by Crippen LogP contribution is -2.35. The third-order valence-corrected chi connectivity index (χ3v) is 5.21. The van der Waals surface area contributed by atoms with Crippen molar-refractivity contribution in [2.45, 2.75) is 13.3 Å². The van der Waals surface area contributed by atoms with Gasteiger partial charge in [0, 0.05) is 40.8 Å². The second-order valence-corrected chi connectivity index (χ2v) is 7.21. The fraction of sp³-hybridized carbons (Fsp3) is 0.273. The van der Waals surface area contributed by atoms with E-state index in [0.29, 0.717) is 42.5 Å². The summed E-state index contributed by atoms with van der Waals surface area (Å²) in [5.41, 5.74) is 7.33. The number of aromatic nitrogens is 2. The fourth-order valence-corrected chi connectivity index (χ4v) is 3.56. The van der Waals surface area contributed by atoms with Crippen LogP contribution in [0.2, 0.25) is 0 Å². The van der Waals surface area contributed by atoms with E-state index in [9.17, 15) is 9.59 Å². The Kier molecular flexibility index (Phi) is 5.47. The van der Waals surface area contributed by atoms with Gasteiger partial charge < -0.3 is 20.0 Å². The summed E-state index contributed by atoms with van der Waals surface area (Å²) in [7, 11) is 0. The molecular formula is C22H27N5O3. The van der Waals surface area contributed by atoms with Crippen LogP contribution in [0.3, 0.4) is 0 Å². The number of nitrogens with zero attached hydrogens (tertiary/aromatic N) is 4. The van der Waals surface area contributed by atoms with Gasteiger partial charge in [0.25, 0.3) is 5.91 Å². The number of hydrogen-bond donors (Lipinski definition) is 1. The van der Waals surface area contributed by atoms with Crippen LogP contribution in [0.4, 0.5) is 11.6 Å². The third kappa shape index (κ3) is 3.89. The molecule has 1 fully saturated rings. The van der Waals surface area contributed by atoms with E-state index in [1.165, 1.54) is 6.26 Å². The highest BCUT2D eigenvalue weighted by Gasteiger charge is 2.24. The van der Waals surface area contributed by atoms with Crippen molar-refractivity contribution >= 4 is 23.3 Å². The van der Waals surface area contributed by atoms with Crippen molar-refractivity contribution in [2.24, 2.45) is 0 Å². The molecule has 2 N–H and O–H groups in total. The Balaban J connectivity index is 0.00000181. The topological polar surface area (TPSA) is 106 Å². The first-order valence-electron chi connectivity index (χ1n) is 9.85. The largest absolute Gasteiger partial charge is 0.459 e. The average Bonchev–Trinajstić information content (AvgIpc) is 3.04. The SMILES string of the molecule is Cc1ccoc1C(=O)N1CCCN(c2cccc(C(=O)c3cccnc3N)n2)CC1.[HH].[HH]. The number of hydrogen-bond acceptors (Lipinski definition) is 7. The Hall–Kier alpha value is -3.68. The zero-order chi connectivity index (χ0) is 21.1. The minimum atomic E-state index is -0.262. The zero-order valence-electron chi connectivity index (χ0n) is 16.7. The van der Waals surface area contributed by atoms with E-state index in [1.807, 2.05) is 19.1 Å². The molecule has 1 saturated heterocycles. The quantitative estimate of drug-likeness (QED) is 0.660. The van der Waals surface area contributed by atoms with Crippen molar-refractivity contribution in [3.63, 3.8) is 0 Å². The molecule has 1 aliphatic rings. The van der Waals surface area contributed by atoms with Crippen LogP contribution in [0.15, 0.2) is 53.3 Å². The van der Waals surface area contributed by atoms with Gasteiger partial charge in [-0.3, -0.25) is 9.59 Å². The number of furan rings is 1. The summed E-state index contributed by atoms with van der Waals surface area (Å²) in [5.74, 6) is 0.924. The summed E-state index contributed by atoms with van der Waals surface area (Å²) in [5, 5.41) is 0. The normalized spacial score (nSPS) is 14.4. The van der Waals surface area contributed by atoms with Crippen LogP contribution in [0.25, 0.3) is 0 Å². The van der Waals surface area contributed by atoms with Crippen LogP contribution >= 0.6 is 0 Å². The number of rotatable bonds is 4. The van der Waals surface area contributed by atoms with Crippen LogP contribution in [-0.2, 0) is 0 Å². The molecule has 8 nitrogen and oxygen atoms in total. The van der Waals surface area contributed by atoms with Gasteiger partial charge in [-0.05, 0) is 43.7 Å². The van der Waals surface area contributed by atoms with E-state index in [4.69, 9.17) is 10.2 Å². The van der Waals surface area contributed by atoms with E-state index in [0.717, 1.165) is 18.5 Å². The van der Waals surface area contributed by atoms with Crippen LogP contribution in [-0.4, -0.2) is 52.7 Å². The van der Waals surface area contributed by atoms with Gasteiger partial charge in [0.2, 0.25) is 5.78 Å². The van der Waals surface area contributed by atoms with E-state index >= 15 is 0 Å². The summed E-state index contributed by atoms with van der Waals surface area (Å²) in [6, 6.07) is 10.5. The average molecular weight is 409 g/mol. The molecule has 0 bridgehead atoms. The van der Waals surface area contributed by atoms with Crippen molar-refractivity contribution in [1.29, 1.82) is 0 Å². The van der Waals surface area contributed by atoms with Crippen molar-refractivity contribution in [3.8, 4) is 0 Å². The predicted octanol–water partition coefficient (Wildman–Crippen LogP) is 3.04. The van der Waals surface area contributed by atoms with Crippen LogP contribution in [0.1, 0.15) is 41.4 Å². The summed E-state index contributed by atoms with van der Waals surface area (Å²) in [6.45, 7) is 4.41. The van der Waals surface area contributed by atoms with Crippen LogP contribution < -0.4 is 10.6 Å². The zero-order valence-corrected chi connectivity index (χ0v) is 16.7. The van der Waals surface area contributed by atoms with Crippen molar-refractivity contribution < 1.29 is 16.9 Å². The Bertz CT molecular complexity index is 1090. The van der Waals surface area contributed by atoms with Crippen molar-refractivity contribution in [2.75, 3.05) is 36.8 Å². The Labute approximate surface area is 177 Å². The van der Waals surface area contributed by atoms with Crippen molar-refractivity contribution in [1.82, 2.24) is 14.9 Å². The summed E-state index contributed by atoms with van der Waals surface area (Å²) in [4.78, 5) is 38.0. The van der Waals surface area contributed by atoms with Crippen LogP contribution in [0.5, 0.6) is 0 Å². The van der Waals surface area contributed by atoms with E-state index < -0.39 is 0 Å². The first-order valence-corrected chi connectivity index (χ1v) is 9.85. The first kappa shape index (κ1) is 19.6. The highest BCUT2D eigenvalue weighted by molar-refractivity contribution is 6.10. The number of aryl methyl sites for hydroxylation is 1. The van der Waals surface area contributed by atoms with Gasteiger partial charge in [0.15, 0.2) is 5.76 Å². The second kappa shape index (κ2) is 8.36. The molecular weight excluding hydrogens is 382 g/mol. The van der Waals surface area contributed by atoms with Gasteiger partial charge in [-0.1, -0.05) is 6.07 Å². The molecule has 0 saturated carbocycles. The number of carbonyl (C=O) groups excluding carboxylic acids is 2. The molecule has 0 atom stereocenters. The predicted molar refractivity (Wildman–Crippen MR) is 117 cm³/mol. The maximum atomic E-state index is 12.8. The molecule has 30 heavy (non-hydrogen) atoms. The fourth-order valence-electron chi connectivity index (χ4n) is 3.56. The third-order valence-electron chi connectivity index (χ3n) is 5.21. The summed E-state index contributed by atoms with van der Waals surface area (Å²) < 4.78 is 5.36. The Morgan fingerprint density at radius 3 is 2.73 bits per heavy atom. The number of nitrogen functional groups attached to an aromatic ring is 1. The number of ketones is 1.